The standard InChI is InChI=1S/C23H35F3N2O/c1-21(2,3)28-13-6-11-22(17-28,27(4)20-10-14-29-16-20)12-9-18-7-5-8-19(15-18)23(24,25)26/h5,7-8,15,20H,6,9-14,16-17H2,1-4H3/t20-,22+/m0/s1. The molecule has 1 aromatic rings. The zero-order chi connectivity index (χ0) is 21.3. The number of hydrogen-bond donors (Lipinski definition) is 0. The molecule has 6 heteroatoms. The summed E-state index contributed by atoms with van der Waals surface area (Å²) in [5.41, 5.74) is 0.247. The van der Waals surface area contributed by atoms with Gasteiger partial charge in [-0.1, -0.05) is 18.2 Å². The Hall–Kier alpha value is -1.11. The van der Waals surface area contributed by atoms with Crippen molar-refractivity contribution in [1.82, 2.24) is 9.80 Å². The normalized spacial score (nSPS) is 27.0. The second kappa shape index (κ2) is 8.56. The average Bonchev–Trinajstić information content (AvgIpc) is 3.19. The molecule has 0 N–H and O–H groups in total. The zero-order valence-corrected chi connectivity index (χ0v) is 18.2. The molecule has 1 aromatic carbocycles. The van der Waals surface area contributed by atoms with E-state index in [1.807, 2.05) is 6.07 Å². The molecule has 29 heavy (non-hydrogen) atoms. The lowest BCUT2D eigenvalue weighted by Gasteiger charge is -2.53. The van der Waals surface area contributed by atoms with E-state index in [1.165, 1.54) is 12.1 Å². The van der Waals surface area contributed by atoms with Crippen molar-refractivity contribution in [3.63, 3.8) is 0 Å². The molecule has 3 rings (SSSR count). The minimum atomic E-state index is -4.29. The smallest absolute Gasteiger partial charge is 0.380 e. The second-order valence-electron chi connectivity index (χ2n) is 9.75. The van der Waals surface area contributed by atoms with Crippen LogP contribution in [0.2, 0.25) is 0 Å². The maximum atomic E-state index is 13.1. The van der Waals surface area contributed by atoms with Crippen LogP contribution < -0.4 is 0 Å². The van der Waals surface area contributed by atoms with Gasteiger partial charge in [0.15, 0.2) is 0 Å². The summed E-state index contributed by atoms with van der Waals surface area (Å²) in [5, 5.41) is 0. The molecule has 164 valence electrons. The number of nitrogens with zero attached hydrogens (tertiary/aromatic N) is 2. The molecule has 0 aliphatic carbocycles. The first kappa shape index (κ1) is 22.6. The predicted molar refractivity (Wildman–Crippen MR) is 110 cm³/mol. The maximum absolute atomic E-state index is 13.1. The Morgan fingerprint density at radius 2 is 2.00 bits per heavy atom. The van der Waals surface area contributed by atoms with Crippen LogP contribution in [0, 0.1) is 0 Å². The van der Waals surface area contributed by atoms with E-state index in [9.17, 15) is 13.2 Å². The number of likely N-dealkylation sites (tertiary alicyclic amines) is 1. The molecule has 0 radical (unpaired) electrons. The molecule has 2 atom stereocenters. The highest BCUT2D eigenvalue weighted by Crippen LogP contribution is 2.37. The van der Waals surface area contributed by atoms with Gasteiger partial charge in [-0.3, -0.25) is 9.80 Å². The molecule has 0 aromatic heterocycles. The Labute approximate surface area is 173 Å². The van der Waals surface area contributed by atoms with Crippen molar-refractivity contribution in [2.24, 2.45) is 0 Å². The number of aryl methyl sites for hydroxylation is 1. The van der Waals surface area contributed by atoms with E-state index in [0.29, 0.717) is 12.5 Å². The van der Waals surface area contributed by atoms with Crippen molar-refractivity contribution in [3.05, 3.63) is 35.4 Å². The van der Waals surface area contributed by atoms with E-state index in [-0.39, 0.29) is 11.1 Å². The second-order valence-corrected chi connectivity index (χ2v) is 9.75. The molecule has 2 fully saturated rings. The Bertz CT molecular complexity index is 679. The number of benzene rings is 1. The molecule has 0 spiro atoms. The minimum absolute atomic E-state index is 0.0435. The average molecular weight is 413 g/mol. The van der Waals surface area contributed by atoms with Crippen LogP contribution in [-0.2, 0) is 17.3 Å². The Morgan fingerprint density at radius 1 is 1.24 bits per heavy atom. The van der Waals surface area contributed by atoms with Crippen molar-refractivity contribution < 1.29 is 17.9 Å². The Kier molecular flexibility index (Phi) is 6.66. The number of rotatable bonds is 5. The minimum Gasteiger partial charge on any atom is -0.380 e. The molecule has 2 saturated heterocycles. The van der Waals surface area contributed by atoms with Crippen LogP contribution in [0.3, 0.4) is 0 Å². The number of hydrogen-bond acceptors (Lipinski definition) is 3. The van der Waals surface area contributed by atoms with Gasteiger partial charge in [0.05, 0.1) is 12.2 Å². The summed E-state index contributed by atoms with van der Waals surface area (Å²) in [6.45, 7) is 10.3. The third-order valence-electron chi connectivity index (χ3n) is 6.84. The van der Waals surface area contributed by atoms with Crippen LogP contribution in [-0.4, -0.2) is 60.3 Å². The summed E-state index contributed by atoms with van der Waals surface area (Å²) in [5.74, 6) is 0. The largest absolute Gasteiger partial charge is 0.416 e. The van der Waals surface area contributed by atoms with Crippen molar-refractivity contribution in [2.45, 2.75) is 76.2 Å². The Morgan fingerprint density at radius 3 is 2.62 bits per heavy atom. The van der Waals surface area contributed by atoms with Crippen LogP contribution in [0.4, 0.5) is 13.2 Å². The maximum Gasteiger partial charge on any atom is 0.416 e. The number of alkyl halides is 3. The van der Waals surface area contributed by atoms with E-state index in [0.717, 1.165) is 63.6 Å². The van der Waals surface area contributed by atoms with Gasteiger partial charge < -0.3 is 4.74 Å². The summed E-state index contributed by atoms with van der Waals surface area (Å²) in [6.07, 6.45) is 0.425. The van der Waals surface area contributed by atoms with Crippen molar-refractivity contribution in [2.75, 3.05) is 33.4 Å². The van der Waals surface area contributed by atoms with Gasteiger partial charge >= 0.3 is 6.18 Å². The zero-order valence-electron chi connectivity index (χ0n) is 18.2. The fraction of sp³-hybridized carbons (Fsp3) is 0.739. The SMILES string of the molecule is CN([C@H]1CCOC1)[C@@]1(CCc2cccc(C(F)(F)F)c2)CCCN(C(C)(C)C)C1. The summed E-state index contributed by atoms with van der Waals surface area (Å²) in [4.78, 5) is 5.03. The lowest BCUT2D eigenvalue weighted by molar-refractivity contribution is -0.137. The van der Waals surface area contributed by atoms with E-state index in [1.54, 1.807) is 0 Å². The van der Waals surface area contributed by atoms with Gasteiger partial charge in [-0.25, -0.2) is 0 Å². The van der Waals surface area contributed by atoms with Gasteiger partial charge in [0.25, 0.3) is 0 Å². The van der Waals surface area contributed by atoms with E-state index in [4.69, 9.17) is 4.74 Å². The summed E-state index contributed by atoms with van der Waals surface area (Å²) >= 11 is 0. The van der Waals surface area contributed by atoms with Gasteiger partial charge in [-0.05, 0) is 78.1 Å². The third kappa shape index (κ3) is 5.33. The van der Waals surface area contributed by atoms with Crippen LogP contribution in [0.5, 0.6) is 0 Å². The van der Waals surface area contributed by atoms with Crippen LogP contribution >= 0.6 is 0 Å². The molecule has 0 saturated carbocycles. The molecule has 2 aliphatic heterocycles. The molecule has 2 aliphatic rings. The van der Waals surface area contributed by atoms with Crippen molar-refractivity contribution >= 4 is 0 Å². The van der Waals surface area contributed by atoms with Crippen LogP contribution in [0.25, 0.3) is 0 Å². The van der Waals surface area contributed by atoms with Crippen molar-refractivity contribution in [3.8, 4) is 0 Å². The molecule has 2 heterocycles. The van der Waals surface area contributed by atoms with E-state index in [2.05, 4.69) is 37.6 Å². The van der Waals surface area contributed by atoms with Crippen molar-refractivity contribution in [1.29, 1.82) is 0 Å². The molecular weight excluding hydrogens is 377 g/mol. The fourth-order valence-corrected chi connectivity index (χ4v) is 4.85. The van der Waals surface area contributed by atoms with E-state index < -0.39 is 11.7 Å². The molecular formula is C23H35F3N2O. The Balaban J connectivity index is 1.82. The summed E-state index contributed by atoms with van der Waals surface area (Å²) in [6, 6.07) is 6.21. The van der Waals surface area contributed by atoms with Gasteiger partial charge in [0.2, 0.25) is 0 Å². The summed E-state index contributed by atoms with van der Waals surface area (Å²) in [7, 11) is 2.19. The number of halogens is 3. The number of piperidine rings is 1. The lowest BCUT2D eigenvalue weighted by atomic mass is 9.79. The van der Waals surface area contributed by atoms with Gasteiger partial charge in [0, 0.05) is 30.3 Å². The van der Waals surface area contributed by atoms with Gasteiger partial charge in [-0.15, -0.1) is 0 Å². The topological polar surface area (TPSA) is 15.7 Å². The quantitative estimate of drug-likeness (QED) is 0.678. The first-order valence-corrected chi connectivity index (χ1v) is 10.7. The highest BCUT2D eigenvalue weighted by molar-refractivity contribution is 5.26. The molecule has 0 unspecified atom stereocenters. The monoisotopic (exact) mass is 412 g/mol. The highest BCUT2D eigenvalue weighted by Gasteiger charge is 2.44. The van der Waals surface area contributed by atoms with Gasteiger partial charge in [0.1, 0.15) is 0 Å². The summed E-state index contributed by atoms with van der Waals surface area (Å²) < 4.78 is 45.0. The van der Waals surface area contributed by atoms with E-state index >= 15 is 0 Å². The third-order valence-corrected chi connectivity index (χ3v) is 6.84. The number of likely N-dealkylation sites (N-methyl/N-ethyl adjacent to an activating group) is 1. The van der Waals surface area contributed by atoms with Crippen LogP contribution in [0.15, 0.2) is 24.3 Å². The molecule has 0 bridgehead atoms. The lowest BCUT2D eigenvalue weighted by Crippen LogP contribution is -2.63. The van der Waals surface area contributed by atoms with Crippen LogP contribution in [0.1, 0.15) is 57.6 Å². The fourth-order valence-electron chi connectivity index (χ4n) is 4.85. The number of ether oxygens (including phenoxy) is 1. The predicted octanol–water partition coefficient (Wildman–Crippen LogP) is 4.99. The first-order valence-electron chi connectivity index (χ1n) is 10.7. The molecule has 0 amide bonds. The first-order chi connectivity index (χ1) is 13.5. The highest BCUT2D eigenvalue weighted by atomic mass is 19.4. The molecule has 3 nitrogen and oxygen atoms in total. The van der Waals surface area contributed by atoms with Gasteiger partial charge in [-0.2, -0.15) is 13.2 Å².